The molecule has 1 fully saturated rings. The zero-order valence-corrected chi connectivity index (χ0v) is 14.1. The molecule has 0 spiro atoms. The summed E-state index contributed by atoms with van der Waals surface area (Å²) in [6, 6.07) is -0.0903. The molecule has 1 aliphatic rings. The molecule has 1 saturated carbocycles. The summed E-state index contributed by atoms with van der Waals surface area (Å²) in [7, 11) is 1.42. The Morgan fingerprint density at radius 2 is 2.13 bits per heavy atom. The van der Waals surface area contributed by atoms with Crippen LogP contribution in [0.5, 0.6) is 0 Å². The number of nitrogens with zero attached hydrogens (tertiary/aromatic N) is 2. The Morgan fingerprint density at radius 3 is 2.83 bits per heavy atom. The zero-order chi connectivity index (χ0) is 16.7. The summed E-state index contributed by atoms with van der Waals surface area (Å²) < 4.78 is 6.94. The van der Waals surface area contributed by atoms with Gasteiger partial charge in [-0.1, -0.05) is 19.3 Å². The average molecular weight is 321 g/mol. The number of rotatable bonds is 6. The van der Waals surface area contributed by atoms with E-state index in [4.69, 9.17) is 4.74 Å². The number of amides is 1. The quantitative estimate of drug-likeness (QED) is 0.644. The lowest BCUT2D eigenvalue weighted by Gasteiger charge is -2.24. The van der Waals surface area contributed by atoms with Crippen LogP contribution in [0.15, 0.2) is 12.4 Å². The summed E-state index contributed by atoms with van der Waals surface area (Å²) in [5.41, 5.74) is 0. The van der Waals surface area contributed by atoms with Crippen LogP contribution < -0.4 is 5.32 Å². The first-order chi connectivity index (χ1) is 11.1. The van der Waals surface area contributed by atoms with E-state index in [-0.39, 0.29) is 23.8 Å². The van der Waals surface area contributed by atoms with Gasteiger partial charge in [0.25, 0.3) is 0 Å². The topological polar surface area (TPSA) is 73.2 Å². The van der Waals surface area contributed by atoms with E-state index in [0.717, 1.165) is 50.9 Å². The Balaban J connectivity index is 1.81. The molecule has 2 atom stereocenters. The Morgan fingerprint density at radius 1 is 1.35 bits per heavy atom. The molecule has 0 aliphatic heterocycles. The Kier molecular flexibility index (Phi) is 6.62. The lowest BCUT2D eigenvalue weighted by Crippen LogP contribution is -2.43. The highest BCUT2D eigenvalue weighted by Gasteiger charge is 2.31. The Hall–Kier alpha value is -1.85. The summed E-state index contributed by atoms with van der Waals surface area (Å²) in [4.78, 5) is 28.3. The molecule has 0 saturated heterocycles. The lowest BCUT2D eigenvalue weighted by molar-refractivity contribution is -0.147. The van der Waals surface area contributed by atoms with Gasteiger partial charge in [0, 0.05) is 31.4 Å². The second-order valence-corrected chi connectivity index (χ2v) is 6.21. The van der Waals surface area contributed by atoms with Gasteiger partial charge in [-0.2, -0.15) is 0 Å². The third-order valence-corrected chi connectivity index (χ3v) is 4.59. The molecule has 0 radical (unpaired) electrons. The molecule has 1 heterocycles. The maximum atomic E-state index is 12.2. The van der Waals surface area contributed by atoms with Crippen LogP contribution in [-0.4, -0.2) is 34.6 Å². The van der Waals surface area contributed by atoms with Crippen molar-refractivity contribution in [3.8, 4) is 0 Å². The van der Waals surface area contributed by atoms with E-state index in [9.17, 15) is 9.59 Å². The molecule has 23 heavy (non-hydrogen) atoms. The second-order valence-electron chi connectivity index (χ2n) is 6.21. The minimum atomic E-state index is -0.206. The SMILES string of the molecule is COC(=O)[C@H]1CCCCC[C@@H]1NC(=O)CCCn1ccnc1C. The molecular formula is C17H27N3O3. The zero-order valence-electron chi connectivity index (χ0n) is 14.1. The number of aryl methyl sites for hydroxylation is 2. The molecule has 0 bridgehead atoms. The van der Waals surface area contributed by atoms with Crippen molar-refractivity contribution < 1.29 is 14.3 Å². The fourth-order valence-corrected chi connectivity index (χ4v) is 3.24. The maximum Gasteiger partial charge on any atom is 0.310 e. The summed E-state index contributed by atoms with van der Waals surface area (Å²) in [5, 5.41) is 3.05. The molecule has 2 rings (SSSR count). The van der Waals surface area contributed by atoms with Gasteiger partial charge in [-0.15, -0.1) is 0 Å². The predicted molar refractivity (Wildman–Crippen MR) is 86.7 cm³/mol. The van der Waals surface area contributed by atoms with Crippen molar-refractivity contribution in [2.75, 3.05) is 7.11 Å². The smallest absolute Gasteiger partial charge is 0.310 e. The van der Waals surface area contributed by atoms with E-state index in [1.807, 2.05) is 17.7 Å². The number of aromatic nitrogens is 2. The average Bonchev–Trinajstić information content (AvgIpc) is 2.81. The predicted octanol–water partition coefficient (Wildman–Crippen LogP) is 2.21. The first kappa shape index (κ1) is 17.5. The first-order valence-electron chi connectivity index (χ1n) is 8.46. The highest BCUT2D eigenvalue weighted by molar-refractivity contribution is 5.78. The molecule has 1 aliphatic carbocycles. The number of hydrogen-bond donors (Lipinski definition) is 1. The standard InChI is InChI=1S/C17H27N3O3/c1-13-18-10-12-20(13)11-6-9-16(21)19-15-8-5-3-4-7-14(15)17(22)23-2/h10,12,14-15H,3-9,11H2,1-2H3,(H,19,21)/t14-,15-/m0/s1. The van der Waals surface area contributed by atoms with Crippen LogP contribution in [0.2, 0.25) is 0 Å². The van der Waals surface area contributed by atoms with E-state index >= 15 is 0 Å². The molecule has 0 unspecified atom stereocenters. The van der Waals surface area contributed by atoms with Crippen LogP contribution in [0.4, 0.5) is 0 Å². The number of hydrogen-bond acceptors (Lipinski definition) is 4. The third-order valence-electron chi connectivity index (χ3n) is 4.59. The maximum absolute atomic E-state index is 12.2. The van der Waals surface area contributed by atoms with Crippen LogP contribution in [-0.2, 0) is 20.9 Å². The van der Waals surface area contributed by atoms with Crippen LogP contribution in [0.3, 0.4) is 0 Å². The van der Waals surface area contributed by atoms with Gasteiger partial charge in [0.2, 0.25) is 5.91 Å². The highest BCUT2D eigenvalue weighted by Crippen LogP contribution is 2.24. The summed E-state index contributed by atoms with van der Waals surface area (Å²) >= 11 is 0. The largest absolute Gasteiger partial charge is 0.469 e. The number of methoxy groups -OCH3 is 1. The van der Waals surface area contributed by atoms with Crippen LogP contribution >= 0.6 is 0 Å². The molecule has 6 heteroatoms. The van der Waals surface area contributed by atoms with Crippen molar-refractivity contribution in [2.45, 2.75) is 64.5 Å². The van der Waals surface area contributed by atoms with Crippen molar-refractivity contribution in [3.05, 3.63) is 18.2 Å². The molecular weight excluding hydrogens is 294 g/mol. The van der Waals surface area contributed by atoms with E-state index in [2.05, 4.69) is 10.3 Å². The lowest BCUT2D eigenvalue weighted by atomic mass is 9.94. The summed E-state index contributed by atoms with van der Waals surface area (Å²) in [6.07, 6.45) is 9.74. The normalized spacial score (nSPS) is 21.5. The minimum Gasteiger partial charge on any atom is -0.469 e. The van der Waals surface area contributed by atoms with Crippen LogP contribution in [0, 0.1) is 12.8 Å². The van der Waals surface area contributed by atoms with E-state index in [1.165, 1.54) is 7.11 Å². The molecule has 1 N–H and O–H groups in total. The number of carbonyl (C=O) groups is 2. The number of nitrogens with one attached hydrogen (secondary N) is 1. The molecule has 128 valence electrons. The second kappa shape index (κ2) is 8.70. The van der Waals surface area contributed by atoms with Gasteiger partial charge in [-0.25, -0.2) is 4.98 Å². The van der Waals surface area contributed by atoms with Gasteiger partial charge in [0.1, 0.15) is 5.82 Å². The van der Waals surface area contributed by atoms with Gasteiger partial charge < -0.3 is 14.6 Å². The molecule has 1 amide bonds. The van der Waals surface area contributed by atoms with Crippen molar-refractivity contribution in [3.63, 3.8) is 0 Å². The highest BCUT2D eigenvalue weighted by atomic mass is 16.5. The number of ether oxygens (including phenoxy) is 1. The minimum absolute atomic E-state index is 0.0172. The van der Waals surface area contributed by atoms with Crippen LogP contribution in [0.1, 0.15) is 50.8 Å². The molecule has 0 aromatic carbocycles. The fourth-order valence-electron chi connectivity index (χ4n) is 3.24. The van der Waals surface area contributed by atoms with E-state index in [1.54, 1.807) is 6.20 Å². The van der Waals surface area contributed by atoms with E-state index < -0.39 is 0 Å². The van der Waals surface area contributed by atoms with Crippen molar-refractivity contribution in [1.29, 1.82) is 0 Å². The van der Waals surface area contributed by atoms with Gasteiger partial charge >= 0.3 is 5.97 Å². The van der Waals surface area contributed by atoms with E-state index in [0.29, 0.717) is 6.42 Å². The summed E-state index contributed by atoms with van der Waals surface area (Å²) in [6.45, 7) is 2.73. The third kappa shape index (κ3) is 5.08. The van der Waals surface area contributed by atoms with Gasteiger partial charge in [0.15, 0.2) is 0 Å². The number of imidazole rings is 1. The Bertz CT molecular complexity index is 527. The molecule has 6 nitrogen and oxygen atoms in total. The van der Waals surface area contributed by atoms with Crippen molar-refractivity contribution in [2.24, 2.45) is 5.92 Å². The number of esters is 1. The van der Waals surface area contributed by atoms with Gasteiger partial charge in [-0.05, 0) is 26.2 Å². The molecule has 1 aromatic heterocycles. The summed E-state index contributed by atoms with van der Waals surface area (Å²) in [5.74, 6) is 0.567. The molecule has 1 aromatic rings. The van der Waals surface area contributed by atoms with Crippen molar-refractivity contribution >= 4 is 11.9 Å². The first-order valence-corrected chi connectivity index (χ1v) is 8.46. The van der Waals surface area contributed by atoms with Gasteiger partial charge in [0.05, 0.1) is 13.0 Å². The van der Waals surface area contributed by atoms with Crippen molar-refractivity contribution in [1.82, 2.24) is 14.9 Å². The number of carbonyl (C=O) groups excluding carboxylic acids is 2. The fraction of sp³-hybridized carbons (Fsp3) is 0.706. The van der Waals surface area contributed by atoms with Crippen LogP contribution in [0.25, 0.3) is 0 Å². The van der Waals surface area contributed by atoms with Gasteiger partial charge in [-0.3, -0.25) is 9.59 Å². The monoisotopic (exact) mass is 321 g/mol. The Labute approximate surface area is 137 Å².